The first-order chi connectivity index (χ1) is 12.1. The number of benzene rings is 1. The molecule has 0 fully saturated rings. The molecule has 1 aromatic heterocycles. The lowest BCUT2D eigenvalue weighted by Gasteiger charge is -2.23. The first-order valence-corrected chi connectivity index (χ1v) is 9.13. The zero-order valence-corrected chi connectivity index (χ0v) is 15.2. The van der Waals surface area contributed by atoms with Crippen molar-refractivity contribution in [3.8, 4) is 11.5 Å². The molecule has 3 rings (SSSR count). The van der Waals surface area contributed by atoms with Crippen LogP contribution < -0.4 is 20.1 Å². The molecule has 0 radical (unpaired) electrons. The average molecular weight is 361 g/mol. The number of hydrogen-bond donors (Lipinski definition) is 3. The zero-order valence-electron chi connectivity index (χ0n) is 14.4. The highest BCUT2D eigenvalue weighted by molar-refractivity contribution is 7.10. The van der Waals surface area contributed by atoms with Gasteiger partial charge in [-0.15, -0.1) is 11.3 Å². The number of guanidine groups is 1. The first-order valence-electron chi connectivity index (χ1n) is 8.25. The molecule has 1 aliphatic rings. The summed E-state index contributed by atoms with van der Waals surface area (Å²) in [5, 5.41) is 19.0. The van der Waals surface area contributed by atoms with Crippen LogP contribution in [0.5, 0.6) is 11.5 Å². The molecule has 0 spiro atoms. The Hall–Kier alpha value is -2.25. The maximum absolute atomic E-state index is 10.6. The maximum Gasteiger partial charge on any atom is 0.231 e. The Labute approximate surface area is 151 Å². The van der Waals surface area contributed by atoms with Gasteiger partial charge in [-0.25, -0.2) is 4.99 Å². The summed E-state index contributed by atoms with van der Waals surface area (Å²) in [5.41, 5.74) is 0.0924. The molecule has 0 aliphatic carbocycles. The topological polar surface area (TPSA) is 75.1 Å². The lowest BCUT2D eigenvalue weighted by molar-refractivity contribution is 0.0655. The van der Waals surface area contributed by atoms with Crippen molar-refractivity contribution in [3.63, 3.8) is 0 Å². The highest BCUT2D eigenvalue weighted by Gasteiger charge is 2.24. The minimum atomic E-state index is -0.941. The molecule has 0 saturated heterocycles. The second-order valence-electron chi connectivity index (χ2n) is 5.99. The summed E-state index contributed by atoms with van der Waals surface area (Å²) in [4.78, 5) is 5.51. The van der Waals surface area contributed by atoms with Gasteiger partial charge in [-0.05, 0) is 43.0 Å². The van der Waals surface area contributed by atoms with Crippen molar-refractivity contribution in [3.05, 3.63) is 46.2 Å². The van der Waals surface area contributed by atoms with E-state index in [2.05, 4.69) is 15.6 Å². The van der Waals surface area contributed by atoms with Crippen molar-refractivity contribution in [2.24, 2.45) is 4.99 Å². The largest absolute Gasteiger partial charge is 0.454 e. The fourth-order valence-corrected chi connectivity index (χ4v) is 3.27. The van der Waals surface area contributed by atoms with E-state index in [4.69, 9.17) is 9.47 Å². The summed E-state index contributed by atoms with van der Waals surface area (Å²) in [6, 6.07) is 9.69. The highest BCUT2D eigenvalue weighted by atomic mass is 32.1. The monoisotopic (exact) mass is 361 g/mol. The molecule has 0 bridgehead atoms. The van der Waals surface area contributed by atoms with Crippen molar-refractivity contribution in [1.82, 2.24) is 10.6 Å². The molecule has 0 saturated carbocycles. The summed E-state index contributed by atoms with van der Waals surface area (Å²) in [5.74, 6) is 2.19. The summed E-state index contributed by atoms with van der Waals surface area (Å²) in [6.07, 6.45) is 0. The third-order valence-electron chi connectivity index (χ3n) is 3.85. The smallest absolute Gasteiger partial charge is 0.231 e. The van der Waals surface area contributed by atoms with Crippen LogP contribution in [0.15, 0.2) is 40.7 Å². The van der Waals surface area contributed by atoms with Crippen LogP contribution in [0, 0.1) is 0 Å². The van der Waals surface area contributed by atoms with Gasteiger partial charge in [0.2, 0.25) is 6.79 Å². The van der Waals surface area contributed by atoms with E-state index in [0.717, 1.165) is 28.5 Å². The number of nitrogens with one attached hydrogen (secondary N) is 2. The molecule has 25 heavy (non-hydrogen) atoms. The number of ether oxygens (including phenoxy) is 2. The normalized spacial score (nSPS) is 15.7. The Morgan fingerprint density at radius 1 is 1.28 bits per heavy atom. The minimum absolute atomic E-state index is 0.268. The fourth-order valence-electron chi connectivity index (χ4n) is 2.48. The number of nitrogens with zero attached hydrogens (tertiary/aromatic N) is 1. The Balaban J connectivity index is 1.63. The number of aliphatic imine (C=N–C) groups is 1. The number of fused-ring (bicyclic) bond motifs is 1. The molecule has 134 valence electrons. The Morgan fingerprint density at radius 2 is 2.12 bits per heavy atom. The molecule has 0 amide bonds. The molecule has 2 heterocycles. The molecule has 6 nitrogen and oxygen atoms in total. The number of hydrogen-bond acceptors (Lipinski definition) is 5. The second kappa shape index (κ2) is 7.76. The third kappa shape index (κ3) is 4.43. The van der Waals surface area contributed by atoms with Crippen LogP contribution >= 0.6 is 11.3 Å². The van der Waals surface area contributed by atoms with Crippen LogP contribution in [0.4, 0.5) is 0 Å². The van der Waals surface area contributed by atoms with E-state index in [9.17, 15) is 5.11 Å². The van der Waals surface area contributed by atoms with Gasteiger partial charge >= 0.3 is 0 Å². The molecule has 1 atom stereocenters. The lowest BCUT2D eigenvalue weighted by atomic mass is 10.1. The third-order valence-corrected chi connectivity index (χ3v) is 4.98. The van der Waals surface area contributed by atoms with Gasteiger partial charge in [0.1, 0.15) is 5.60 Å². The SMILES string of the molecule is CCNC(=NCc1ccc2c(c1)OCO2)NCC(C)(O)c1cccs1. The lowest BCUT2D eigenvalue weighted by Crippen LogP contribution is -2.44. The summed E-state index contributed by atoms with van der Waals surface area (Å²) < 4.78 is 10.7. The van der Waals surface area contributed by atoms with Crippen molar-refractivity contribution in [2.75, 3.05) is 19.9 Å². The number of thiophene rings is 1. The van der Waals surface area contributed by atoms with Gasteiger partial charge in [-0.2, -0.15) is 0 Å². The van der Waals surface area contributed by atoms with E-state index in [1.54, 1.807) is 18.3 Å². The van der Waals surface area contributed by atoms with Crippen LogP contribution in [-0.2, 0) is 12.1 Å². The van der Waals surface area contributed by atoms with Crippen molar-refractivity contribution < 1.29 is 14.6 Å². The Morgan fingerprint density at radius 3 is 2.88 bits per heavy atom. The molecule has 2 aromatic rings. The van der Waals surface area contributed by atoms with E-state index in [1.807, 2.05) is 42.6 Å². The number of rotatable bonds is 6. The van der Waals surface area contributed by atoms with Gasteiger partial charge in [0.15, 0.2) is 17.5 Å². The van der Waals surface area contributed by atoms with Gasteiger partial charge < -0.3 is 25.2 Å². The van der Waals surface area contributed by atoms with Crippen LogP contribution in [0.3, 0.4) is 0 Å². The van der Waals surface area contributed by atoms with Gasteiger partial charge in [-0.3, -0.25) is 0 Å². The van der Waals surface area contributed by atoms with Crippen LogP contribution in [0.25, 0.3) is 0 Å². The predicted octanol–water partition coefficient (Wildman–Crippen LogP) is 2.44. The van der Waals surface area contributed by atoms with E-state index in [1.165, 1.54) is 0 Å². The molecular formula is C18H23N3O3S. The van der Waals surface area contributed by atoms with Crippen molar-refractivity contribution >= 4 is 17.3 Å². The zero-order chi connectivity index (χ0) is 17.7. The van der Waals surface area contributed by atoms with Gasteiger partial charge in [0.25, 0.3) is 0 Å². The molecule has 1 unspecified atom stereocenters. The molecule has 3 N–H and O–H groups in total. The first kappa shape index (κ1) is 17.6. The van der Waals surface area contributed by atoms with Gasteiger partial charge in [-0.1, -0.05) is 12.1 Å². The van der Waals surface area contributed by atoms with Gasteiger partial charge in [0, 0.05) is 11.4 Å². The van der Waals surface area contributed by atoms with Crippen LogP contribution in [0.2, 0.25) is 0 Å². The molecular weight excluding hydrogens is 338 g/mol. The van der Waals surface area contributed by atoms with Crippen molar-refractivity contribution in [2.45, 2.75) is 26.0 Å². The minimum Gasteiger partial charge on any atom is -0.454 e. The highest BCUT2D eigenvalue weighted by Crippen LogP contribution is 2.32. The predicted molar refractivity (Wildman–Crippen MR) is 99.3 cm³/mol. The number of aliphatic hydroxyl groups is 1. The summed E-state index contributed by atoms with van der Waals surface area (Å²) >= 11 is 1.54. The van der Waals surface area contributed by atoms with Crippen molar-refractivity contribution in [1.29, 1.82) is 0 Å². The Bertz CT molecular complexity index is 729. The van der Waals surface area contributed by atoms with E-state index >= 15 is 0 Å². The molecule has 1 aliphatic heterocycles. The second-order valence-corrected chi connectivity index (χ2v) is 6.94. The van der Waals surface area contributed by atoms with E-state index in [-0.39, 0.29) is 6.79 Å². The fraction of sp³-hybridized carbons (Fsp3) is 0.389. The standard InChI is InChI=1S/C18H23N3O3S/c1-3-19-17(21-11-18(2,22)16-5-4-8-25-16)20-10-13-6-7-14-15(9-13)24-12-23-14/h4-9,22H,3,10-12H2,1-2H3,(H2,19,20,21). The van der Waals surface area contributed by atoms with Gasteiger partial charge in [0.05, 0.1) is 13.1 Å². The Kier molecular flexibility index (Phi) is 5.45. The maximum atomic E-state index is 10.6. The summed E-state index contributed by atoms with van der Waals surface area (Å²) in [7, 11) is 0. The van der Waals surface area contributed by atoms with E-state index in [0.29, 0.717) is 19.0 Å². The average Bonchev–Trinajstić information content (AvgIpc) is 3.28. The van der Waals surface area contributed by atoms with E-state index < -0.39 is 5.60 Å². The molecule has 1 aromatic carbocycles. The van der Waals surface area contributed by atoms with Crippen LogP contribution in [0.1, 0.15) is 24.3 Å². The quantitative estimate of drug-likeness (QED) is 0.544. The molecule has 7 heteroatoms. The summed E-state index contributed by atoms with van der Waals surface area (Å²) in [6.45, 7) is 5.70. The van der Waals surface area contributed by atoms with Crippen LogP contribution in [-0.4, -0.2) is 30.9 Å².